The van der Waals surface area contributed by atoms with Crippen LogP contribution in [0.15, 0.2) is 0 Å². The first-order chi connectivity index (χ1) is 13.2. The summed E-state index contributed by atoms with van der Waals surface area (Å²) in [5, 5.41) is 10.9. The van der Waals surface area contributed by atoms with E-state index < -0.39 is 12.1 Å². The second-order valence-corrected chi connectivity index (χ2v) is 9.15. The number of quaternary nitrogens is 1. The summed E-state index contributed by atoms with van der Waals surface area (Å²) in [7, 11) is 5.84. The number of hydrogen-bond acceptors (Lipinski definition) is 4. The summed E-state index contributed by atoms with van der Waals surface area (Å²) in [6, 6.07) is 0. The molecule has 0 amide bonds. The second kappa shape index (κ2) is 19.2. The molecule has 0 saturated heterocycles. The normalized spacial score (nSPS) is 12.3. The molecule has 0 saturated carbocycles. The predicted octanol–water partition coefficient (Wildman–Crippen LogP) is 4.65. The highest BCUT2D eigenvalue weighted by molar-refractivity contribution is 5.85. The van der Waals surface area contributed by atoms with Gasteiger partial charge in [-0.25, -0.2) is 0 Å². The Balaban J connectivity index is 0. The smallest absolute Gasteiger partial charge is 0.306 e. The average Bonchev–Trinajstić information content (AvgIpc) is 2.56. The summed E-state index contributed by atoms with van der Waals surface area (Å²) >= 11 is 0. The standard InChI is InChI=1S/C23H45NO4.ClH/c1-5-6-7-8-9-10-11-12-13-14-15-16-17-18-23(27)28-21(19-22(25)26)20-24(2,3)4;/h21H,5-20H2,1-4H3;1H/i23+1;. The molecule has 0 aromatic heterocycles. The predicted molar refractivity (Wildman–Crippen MR) is 120 cm³/mol. The molecule has 0 spiro atoms. The van der Waals surface area contributed by atoms with Crippen molar-refractivity contribution in [3.05, 3.63) is 0 Å². The minimum absolute atomic E-state index is 0. The minimum Gasteiger partial charge on any atom is -0.550 e. The van der Waals surface area contributed by atoms with Gasteiger partial charge in [0.15, 0.2) is 6.10 Å². The highest BCUT2D eigenvalue weighted by Gasteiger charge is 2.22. The number of rotatable bonds is 19. The Bertz CT molecular complexity index is 410. The van der Waals surface area contributed by atoms with E-state index in [9.17, 15) is 14.7 Å². The van der Waals surface area contributed by atoms with Crippen LogP contribution in [-0.2, 0) is 14.3 Å². The summed E-state index contributed by atoms with van der Waals surface area (Å²) in [6.45, 7) is 2.72. The maximum atomic E-state index is 12.0. The molecule has 0 heterocycles. The summed E-state index contributed by atoms with van der Waals surface area (Å²) in [5.74, 6) is -1.46. The van der Waals surface area contributed by atoms with Crippen molar-refractivity contribution < 1.29 is 23.9 Å². The lowest BCUT2D eigenvalue weighted by Crippen LogP contribution is -2.45. The van der Waals surface area contributed by atoms with Gasteiger partial charge >= 0.3 is 5.97 Å². The third kappa shape index (κ3) is 23.3. The van der Waals surface area contributed by atoms with Crippen molar-refractivity contribution in [2.24, 2.45) is 0 Å². The Labute approximate surface area is 185 Å². The van der Waals surface area contributed by atoms with Gasteiger partial charge in [0.2, 0.25) is 0 Å². The lowest BCUT2D eigenvalue weighted by atomic mass is 10.0. The molecule has 0 rings (SSSR count). The summed E-state index contributed by atoms with van der Waals surface area (Å²) in [4.78, 5) is 22.8. The molecule has 1 atom stereocenters. The zero-order chi connectivity index (χ0) is 21.3. The molecular weight excluding hydrogens is 391 g/mol. The molecule has 174 valence electrons. The molecule has 5 nitrogen and oxygen atoms in total. The van der Waals surface area contributed by atoms with Crippen molar-refractivity contribution in [2.45, 2.75) is 109 Å². The minimum atomic E-state index is -1.17. The van der Waals surface area contributed by atoms with E-state index >= 15 is 0 Å². The number of carbonyl (C=O) groups is 2. The maximum Gasteiger partial charge on any atom is 0.306 e. The van der Waals surface area contributed by atoms with E-state index in [1.807, 2.05) is 21.1 Å². The van der Waals surface area contributed by atoms with Crippen molar-refractivity contribution in [1.82, 2.24) is 0 Å². The fourth-order valence-electron chi connectivity index (χ4n) is 3.47. The number of ether oxygens (including phenoxy) is 1. The molecule has 1 unspecified atom stereocenters. The molecular formula is C23H46ClNO4. The first kappa shape index (κ1) is 30.4. The van der Waals surface area contributed by atoms with Gasteiger partial charge in [-0.3, -0.25) is 4.79 Å². The quantitative estimate of drug-likeness (QED) is 0.128. The van der Waals surface area contributed by atoms with Crippen molar-refractivity contribution in [3.63, 3.8) is 0 Å². The summed E-state index contributed by atoms with van der Waals surface area (Å²) in [5.41, 5.74) is 0. The lowest BCUT2D eigenvalue weighted by molar-refractivity contribution is -0.873. The maximum absolute atomic E-state index is 12.0. The number of carboxylic acid groups (broad SMARTS) is 1. The van der Waals surface area contributed by atoms with E-state index in [-0.39, 0.29) is 24.8 Å². The topological polar surface area (TPSA) is 66.4 Å². The Morgan fingerprint density at radius 2 is 1.21 bits per heavy atom. The number of unbranched alkanes of at least 4 members (excludes halogenated alkanes) is 12. The molecule has 0 N–H and O–H groups in total. The van der Waals surface area contributed by atoms with Crippen LogP contribution in [0.4, 0.5) is 0 Å². The lowest BCUT2D eigenvalue weighted by Gasteiger charge is -2.29. The van der Waals surface area contributed by atoms with Crippen molar-refractivity contribution in [1.29, 1.82) is 0 Å². The molecule has 29 heavy (non-hydrogen) atoms. The average molecular weight is 437 g/mol. The van der Waals surface area contributed by atoms with Gasteiger partial charge in [0.1, 0.15) is 6.54 Å². The Hall–Kier alpha value is -0.810. The third-order valence-corrected chi connectivity index (χ3v) is 4.93. The van der Waals surface area contributed by atoms with Gasteiger partial charge in [-0.05, 0) is 6.42 Å². The molecule has 0 aromatic rings. The number of carboxylic acids is 1. The van der Waals surface area contributed by atoms with Gasteiger partial charge in [-0.1, -0.05) is 84.0 Å². The van der Waals surface area contributed by atoms with E-state index in [1.165, 1.54) is 64.2 Å². The second-order valence-electron chi connectivity index (χ2n) is 9.15. The number of aliphatic carboxylic acids is 1. The highest BCUT2D eigenvalue weighted by Crippen LogP contribution is 2.13. The van der Waals surface area contributed by atoms with E-state index in [0.29, 0.717) is 17.4 Å². The van der Waals surface area contributed by atoms with Crippen LogP contribution in [0.5, 0.6) is 0 Å². The number of halogens is 1. The Morgan fingerprint density at radius 1 is 0.793 bits per heavy atom. The van der Waals surface area contributed by atoms with Crippen LogP contribution in [0, 0.1) is 0 Å². The first-order valence-electron chi connectivity index (χ1n) is 11.4. The zero-order valence-corrected chi connectivity index (χ0v) is 20.2. The van der Waals surface area contributed by atoms with Crippen LogP contribution < -0.4 is 5.11 Å². The van der Waals surface area contributed by atoms with Gasteiger partial charge in [-0.15, -0.1) is 12.4 Å². The molecule has 6 heteroatoms. The van der Waals surface area contributed by atoms with Crippen LogP contribution in [0.2, 0.25) is 0 Å². The van der Waals surface area contributed by atoms with Gasteiger partial charge in [0, 0.05) is 18.8 Å². The fraction of sp³-hybridized carbons (Fsp3) is 0.913. The van der Waals surface area contributed by atoms with Crippen LogP contribution in [0.1, 0.15) is 103 Å². The molecule has 0 radical (unpaired) electrons. The van der Waals surface area contributed by atoms with Crippen molar-refractivity contribution >= 4 is 24.3 Å². The Kier molecular flexibility index (Phi) is 20.1. The molecule has 0 bridgehead atoms. The largest absolute Gasteiger partial charge is 0.550 e. The summed E-state index contributed by atoms with van der Waals surface area (Å²) in [6.07, 6.45) is 16.0. The van der Waals surface area contributed by atoms with Gasteiger partial charge in [0.25, 0.3) is 0 Å². The number of nitrogens with zero attached hydrogens (tertiary/aromatic N) is 1. The zero-order valence-electron chi connectivity index (χ0n) is 19.4. The van der Waals surface area contributed by atoms with E-state index in [0.717, 1.165) is 19.3 Å². The molecule has 0 aliphatic carbocycles. The van der Waals surface area contributed by atoms with Gasteiger partial charge in [-0.2, -0.15) is 0 Å². The van der Waals surface area contributed by atoms with E-state index in [2.05, 4.69) is 6.92 Å². The SMILES string of the molecule is CCCCCCCCCCCCCCC[13C](=O)OC(CC(=O)[O-])C[N+](C)(C)C.Cl. The van der Waals surface area contributed by atoms with Crippen LogP contribution in [0.25, 0.3) is 0 Å². The first-order valence-corrected chi connectivity index (χ1v) is 11.4. The number of likely N-dealkylation sites (N-methyl/N-ethyl adjacent to an activating group) is 1. The number of carbonyl (C=O) groups excluding carboxylic acids is 2. The number of hydrogen-bond donors (Lipinski definition) is 0. The van der Waals surface area contributed by atoms with Crippen molar-refractivity contribution in [3.8, 4) is 0 Å². The molecule has 0 aliphatic rings. The van der Waals surface area contributed by atoms with Crippen molar-refractivity contribution in [2.75, 3.05) is 27.7 Å². The number of esters is 1. The summed E-state index contributed by atoms with van der Waals surface area (Å²) < 4.78 is 5.91. The van der Waals surface area contributed by atoms with Crippen LogP contribution in [-0.4, -0.2) is 50.2 Å². The fourth-order valence-corrected chi connectivity index (χ4v) is 3.47. The highest BCUT2D eigenvalue weighted by atomic mass is 35.5. The van der Waals surface area contributed by atoms with E-state index in [4.69, 9.17) is 4.74 Å². The third-order valence-electron chi connectivity index (χ3n) is 4.93. The monoisotopic (exact) mass is 436 g/mol. The van der Waals surface area contributed by atoms with Crippen LogP contribution in [0.3, 0.4) is 0 Å². The van der Waals surface area contributed by atoms with Gasteiger partial charge < -0.3 is 19.1 Å². The van der Waals surface area contributed by atoms with E-state index in [1.54, 1.807) is 0 Å². The van der Waals surface area contributed by atoms with Crippen LogP contribution >= 0.6 is 12.4 Å². The Morgan fingerprint density at radius 3 is 1.59 bits per heavy atom. The molecule has 0 aliphatic heterocycles. The molecule has 0 aromatic carbocycles. The molecule has 0 fully saturated rings. The van der Waals surface area contributed by atoms with Gasteiger partial charge in [0.05, 0.1) is 21.1 Å².